The highest BCUT2D eigenvalue weighted by Crippen LogP contribution is 2.13. The Morgan fingerprint density at radius 2 is 2.11 bits per heavy atom. The van der Waals surface area contributed by atoms with Crippen molar-refractivity contribution in [2.75, 3.05) is 23.3 Å². The minimum Gasteiger partial charge on any atom is -0.362 e. The van der Waals surface area contributed by atoms with Crippen molar-refractivity contribution in [2.45, 2.75) is 13.8 Å². The van der Waals surface area contributed by atoms with Gasteiger partial charge in [-0.2, -0.15) is 0 Å². The second kappa shape index (κ2) is 6.04. The van der Waals surface area contributed by atoms with E-state index < -0.39 is 0 Å². The summed E-state index contributed by atoms with van der Waals surface area (Å²) in [6.45, 7) is 4.84. The van der Waals surface area contributed by atoms with Crippen LogP contribution in [0.4, 0.5) is 11.5 Å². The molecule has 1 heterocycles. The van der Waals surface area contributed by atoms with Gasteiger partial charge in [0.05, 0.1) is 6.54 Å². The predicted octanol–water partition coefficient (Wildman–Crippen LogP) is 2.45. The first-order valence-corrected chi connectivity index (χ1v) is 6.22. The summed E-state index contributed by atoms with van der Waals surface area (Å²) in [5.74, 6) is 1.01. The second-order valence-corrected chi connectivity index (χ2v) is 4.22. The summed E-state index contributed by atoms with van der Waals surface area (Å²) in [7, 11) is 0. The van der Waals surface area contributed by atoms with Crippen LogP contribution in [-0.4, -0.2) is 24.2 Å². The van der Waals surface area contributed by atoms with Gasteiger partial charge in [-0.3, -0.25) is 4.79 Å². The number of aryl methyl sites for hydroxylation is 1. The molecule has 0 bridgehead atoms. The summed E-state index contributed by atoms with van der Waals surface area (Å²) >= 11 is 0. The Hall–Kier alpha value is -2.30. The fraction of sp³-hybridized carbons (Fsp3) is 0.286. The molecule has 0 saturated carbocycles. The first-order chi connectivity index (χ1) is 9.19. The number of rotatable bonds is 5. The molecule has 0 fully saturated rings. The Morgan fingerprint density at radius 3 is 2.68 bits per heavy atom. The third-order valence-corrected chi connectivity index (χ3v) is 2.73. The van der Waals surface area contributed by atoms with E-state index in [0.717, 1.165) is 12.2 Å². The van der Waals surface area contributed by atoms with E-state index in [4.69, 9.17) is 4.52 Å². The maximum Gasteiger partial charge on any atom is 0.245 e. The number of carbonyl (C=O) groups excluding carboxylic acids is 1. The number of anilines is 2. The SMILES string of the molecule is CCN(CC(=O)Nc1cc(C)on1)c1ccccc1. The molecule has 2 rings (SSSR count). The van der Waals surface area contributed by atoms with Crippen LogP contribution in [0.2, 0.25) is 0 Å². The van der Waals surface area contributed by atoms with E-state index >= 15 is 0 Å². The lowest BCUT2D eigenvalue weighted by Gasteiger charge is -2.21. The molecule has 1 aromatic heterocycles. The maximum absolute atomic E-state index is 11.9. The zero-order valence-electron chi connectivity index (χ0n) is 11.1. The van der Waals surface area contributed by atoms with Gasteiger partial charge in [-0.05, 0) is 26.0 Å². The quantitative estimate of drug-likeness (QED) is 0.896. The van der Waals surface area contributed by atoms with E-state index in [9.17, 15) is 4.79 Å². The number of amides is 1. The molecular formula is C14H17N3O2. The number of benzene rings is 1. The number of carbonyl (C=O) groups is 1. The average Bonchev–Trinajstić information content (AvgIpc) is 2.82. The lowest BCUT2D eigenvalue weighted by Crippen LogP contribution is -2.33. The Labute approximate surface area is 112 Å². The highest BCUT2D eigenvalue weighted by Gasteiger charge is 2.11. The van der Waals surface area contributed by atoms with E-state index in [1.165, 1.54) is 0 Å². The summed E-state index contributed by atoms with van der Waals surface area (Å²) in [6, 6.07) is 11.5. The van der Waals surface area contributed by atoms with Gasteiger partial charge in [0, 0.05) is 18.3 Å². The van der Waals surface area contributed by atoms with Gasteiger partial charge in [0.1, 0.15) is 5.76 Å². The van der Waals surface area contributed by atoms with Crippen molar-refractivity contribution in [3.63, 3.8) is 0 Å². The van der Waals surface area contributed by atoms with Crippen molar-refractivity contribution in [3.8, 4) is 0 Å². The Balaban J connectivity index is 1.97. The molecule has 0 atom stereocenters. The number of aromatic nitrogens is 1. The van der Waals surface area contributed by atoms with Crippen LogP contribution in [0.25, 0.3) is 0 Å². The summed E-state index contributed by atoms with van der Waals surface area (Å²) in [4.78, 5) is 13.9. The van der Waals surface area contributed by atoms with Crippen molar-refractivity contribution < 1.29 is 9.32 Å². The fourth-order valence-corrected chi connectivity index (χ4v) is 1.81. The molecule has 0 aliphatic heterocycles. The molecule has 1 aromatic carbocycles. The first kappa shape index (κ1) is 13.1. The smallest absolute Gasteiger partial charge is 0.245 e. The molecule has 0 aliphatic rings. The normalized spacial score (nSPS) is 10.2. The minimum atomic E-state index is -0.112. The van der Waals surface area contributed by atoms with Crippen LogP contribution in [-0.2, 0) is 4.79 Å². The van der Waals surface area contributed by atoms with Crippen molar-refractivity contribution in [2.24, 2.45) is 0 Å². The second-order valence-electron chi connectivity index (χ2n) is 4.22. The predicted molar refractivity (Wildman–Crippen MR) is 74.2 cm³/mol. The molecule has 0 spiro atoms. The summed E-state index contributed by atoms with van der Waals surface area (Å²) in [5.41, 5.74) is 1.02. The summed E-state index contributed by atoms with van der Waals surface area (Å²) in [6.07, 6.45) is 0. The average molecular weight is 259 g/mol. The topological polar surface area (TPSA) is 58.4 Å². The number of para-hydroxylation sites is 1. The van der Waals surface area contributed by atoms with Gasteiger partial charge in [0.25, 0.3) is 0 Å². The molecule has 1 N–H and O–H groups in total. The highest BCUT2D eigenvalue weighted by molar-refractivity contribution is 5.93. The Bertz CT molecular complexity index is 537. The zero-order valence-corrected chi connectivity index (χ0v) is 11.1. The standard InChI is InChI=1S/C14H17N3O2/c1-3-17(12-7-5-4-6-8-12)10-14(18)15-13-9-11(2)19-16-13/h4-9H,3,10H2,1-2H3,(H,15,16,18). The highest BCUT2D eigenvalue weighted by atomic mass is 16.5. The number of hydrogen-bond donors (Lipinski definition) is 1. The Kier molecular flexibility index (Phi) is 4.18. The molecule has 1 amide bonds. The van der Waals surface area contributed by atoms with Gasteiger partial charge >= 0.3 is 0 Å². The summed E-state index contributed by atoms with van der Waals surface area (Å²) < 4.78 is 4.90. The molecule has 0 saturated heterocycles. The minimum absolute atomic E-state index is 0.112. The number of likely N-dealkylation sites (N-methyl/N-ethyl adjacent to an activating group) is 1. The van der Waals surface area contributed by atoms with Crippen LogP contribution in [0, 0.1) is 6.92 Å². The van der Waals surface area contributed by atoms with Crippen molar-refractivity contribution in [1.29, 1.82) is 0 Å². The van der Waals surface area contributed by atoms with Crippen LogP contribution in [0.5, 0.6) is 0 Å². The van der Waals surface area contributed by atoms with Gasteiger partial charge in [0.2, 0.25) is 5.91 Å². The van der Waals surface area contributed by atoms with E-state index in [-0.39, 0.29) is 12.5 Å². The first-order valence-electron chi connectivity index (χ1n) is 6.22. The largest absolute Gasteiger partial charge is 0.362 e. The molecule has 0 radical (unpaired) electrons. The van der Waals surface area contributed by atoms with E-state index in [2.05, 4.69) is 10.5 Å². The van der Waals surface area contributed by atoms with Gasteiger partial charge in [-0.15, -0.1) is 0 Å². The van der Waals surface area contributed by atoms with Crippen molar-refractivity contribution >= 4 is 17.4 Å². The van der Waals surface area contributed by atoms with Crippen LogP contribution >= 0.6 is 0 Å². The molecule has 19 heavy (non-hydrogen) atoms. The fourth-order valence-electron chi connectivity index (χ4n) is 1.81. The molecule has 0 unspecified atom stereocenters. The van der Waals surface area contributed by atoms with E-state index in [1.54, 1.807) is 13.0 Å². The maximum atomic E-state index is 11.9. The van der Waals surface area contributed by atoms with Gasteiger partial charge in [-0.25, -0.2) is 0 Å². The third-order valence-electron chi connectivity index (χ3n) is 2.73. The van der Waals surface area contributed by atoms with E-state index in [1.807, 2.05) is 42.2 Å². The van der Waals surface area contributed by atoms with Crippen LogP contribution in [0.15, 0.2) is 40.9 Å². The van der Waals surface area contributed by atoms with Crippen LogP contribution in [0.3, 0.4) is 0 Å². The van der Waals surface area contributed by atoms with Gasteiger partial charge in [-0.1, -0.05) is 23.4 Å². The van der Waals surface area contributed by atoms with Crippen molar-refractivity contribution in [3.05, 3.63) is 42.2 Å². The monoisotopic (exact) mass is 259 g/mol. The lowest BCUT2D eigenvalue weighted by atomic mass is 10.3. The van der Waals surface area contributed by atoms with Crippen molar-refractivity contribution in [1.82, 2.24) is 5.16 Å². The van der Waals surface area contributed by atoms with Crippen LogP contribution in [0.1, 0.15) is 12.7 Å². The molecular weight excluding hydrogens is 242 g/mol. The molecule has 100 valence electrons. The molecule has 5 nitrogen and oxygen atoms in total. The van der Waals surface area contributed by atoms with E-state index in [0.29, 0.717) is 11.6 Å². The molecule has 0 aliphatic carbocycles. The third kappa shape index (κ3) is 3.58. The number of hydrogen-bond acceptors (Lipinski definition) is 4. The molecule has 5 heteroatoms. The number of nitrogens with zero attached hydrogens (tertiary/aromatic N) is 2. The zero-order chi connectivity index (χ0) is 13.7. The lowest BCUT2D eigenvalue weighted by molar-refractivity contribution is -0.115. The number of nitrogens with one attached hydrogen (secondary N) is 1. The summed E-state index contributed by atoms with van der Waals surface area (Å²) in [5, 5.41) is 6.45. The van der Waals surface area contributed by atoms with Gasteiger partial charge in [0.15, 0.2) is 5.82 Å². The van der Waals surface area contributed by atoms with Crippen LogP contribution < -0.4 is 10.2 Å². The van der Waals surface area contributed by atoms with Gasteiger partial charge < -0.3 is 14.7 Å². The Morgan fingerprint density at radius 1 is 1.37 bits per heavy atom. The molecule has 2 aromatic rings.